The van der Waals surface area contributed by atoms with Crippen LogP contribution in [0.1, 0.15) is 47.2 Å². The Morgan fingerprint density at radius 2 is 1.95 bits per heavy atom. The molecule has 1 unspecified atom stereocenters. The molecule has 0 amide bonds. The van der Waals surface area contributed by atoms with Crippen molar-refractivity contribution in [2.24, 2.45) is 11.7 Å². The molecule has 3 N–H and O–H groups in total. The Balaban J connectivity index is 2.48. The van der Waals surface area contributed by atoms with Gasteiger partial charge in [-0.15, -0.1) is 0 Å². The molecule has 0 aromatic carbocycles. The van der Waals surface area contributed by atoms with E-state index in [1.165, 1.54) is 0 Å². The molecule has 21 heavy (non-hydrogen) atoms. The van der Waals surface area contributed by atoms with E-state index in [0.717, 1.165) is 17.0 Å². The average Bonchev–Trinajstić information content (AvgIpc) is 2.83. The van der Waals surface area contributed by atoms with Crippen molar-refractivity contribution in [3.63, 3.8) is 0 Å². The number of anilines is 1. The van der Waals surface area contributed by atoms with Crippen LogP contribution in [0.3, 0.4) is 0 Å². The Morgan fingerprint density at radius 1 is 1.29 bits per heavy atom. The molecule has 0 aliphatic heterocycles. The number of fused-ring (bicyclic) bond motifs is 1. The fourth-order valence-corrected chi connectivity index (χ4v) is 2.09. The van der Waals surface area contributed by atoms with Gasteiger partial charge in [0, 0.05) is 24.4 Å². The second-order valence-corrected chi connectivity index (χ2v) is 7.29. The molecule has 2 rings (SSSR count). The second-order valence-electron chi connectivity index (χ2n) is 7.29. The monoisotopic (exact) mass is 289 g/mol. The lowest BCUT2D eigenvalue weighted by Crippen LogP contribution is -2.47. The van der Waals surface area contributed by atoms with Crippen molar-refractivity contribution < 1.29 is 0 Å². The predicted octanol–water partition coefficient (Wildman–Crippen LogP) is 2.81. The Hall–Kier alpha value is -1.62. The zero-order valence-corrected chi connectivity index (χ0v) is 13.9. The molecule has 0 radical (unpaired) electrons. The summed E-state index contributed by atoms with van der Waals surface area (Å²) in [4.78, 5) is 4.49. The van der Waals surface area contributed by atoms with Crippen LogP contribution in [0.2, 0.25) is 0 Å². The van der Waals surface area contributed by atoms with Crippen LogP contribution in [-0.4, -0.2) is 26.7 Å². The molecule has 2 aromatic rings. The number of hydrogen-bond acceptors (Lipinski definition) is 4. The van der Waals surface area contributed by atoms with Crippen molar-refractivity contribution >= 4 is 11.3 Å². The molecule has 5 nitrogen and oxygen atoms in total. The summed E-state index contributed by atoms with van der Waals surface area (Å²) in [5.41, 5.74) is 7.82. The molecule has 2 heterocycles. The van der Waals surface area contributed by atoms with Crippen LogP contribution in [0.4, 0.5) is 5.82 Å². The van der Waals surface area contributed by atoms with Gasteiger partial charge in [0.1, 0.15) is 5.52 Å². The SMILES string of the molecule is CC(C)C(C)(CN)Nc1nccn2nc(C(C)(C)C)cc12. The number of aromatic nitrogens is 3. The van der Waals surface area contributed by atoms with Crippen LogP contribution in [0, 0.1) is 5.92 Å². The fraction of sp³-hybridized carbons (Fsp3) is 0.625. The molecular formula is C16H27N5. The van der Waals surface area contributed by atoms with Crippen molar-refractivity contribution in [2.45, 2.75) is 52.5 Å². The first-order valence-corrected chi connectivity index (χ1v) is 7.50. The molecule has 2 aromatic heterocycles. The highest BCUT2D eigenvalue weighted by molar-refractivity contribution is 5.69. The number of nitrogens with zero attached hydrogens (tertiary/aromatic N) is 3. The van der Waals surface area contributed by atoms with Gasteiger partial charge in [-0.05, 0) is 18.9 Å². The molecule has 0 spiro atoms. The largest absolute Gasteiger partial charge is 0.362 e. The van der Waals surface area contributed by atoms with Gasteiger partial charge in [-0.2, -0.15) is 5.10 Å². The number of hydrogen-bond donors (Lipinski definition) is 2. The highest BCUT2D eigenvalue weighted by Gasteiger charge is 2.28. The van der Waals surface area contributed by atoms with Crippen LogP contribution in [0.25, 0.3) is 5.52 Å². The molecular weight excluding hydrogens is 262 g/mol. The summed E-state index contributed by atoms with van der Waals surface area (Å²) in [7, 11) is 0. The molecule has 0 fully saturated rings. The Morgan fingerprint density at radius 3 is 2.48 bits per heavy atom. The quantitative estimate of drug-likeness (QED) is 0.908. The summed E-state index contributed by atoms with van der Waals surface area (Å²) in [5, 5.41) is 8.17. The van der Waals surface area contributed by atoms with E-state index in [1.807, 2.05) is 10.7 Å². The molecule has 5 heteroatoms. The maximum absolute atomic E-state index is 5.96. The average molecular weight is 289 g/mol. The van der Waals surface area contributed by atoms with Crippen LogP contribution in [0.15, 0.2) is 18.5 Å². The lowest BCUT2D eigenvalue weighted by Gasteiger charge is -2.34. The first kappa shape index (κ1) is 15.8. The minimum atomic E-state index is -0.193. The van der Waals surface area contributed by atoms with Crippen molar-refractivity contribution in [1.29, 1.82) is 0 Å². The Labute approximate surface area is 126 Å². The van der Waals surface area contributed by atoms with Gasteiger partial charge in [-0.25, -0.2) is 9.50 Å². The molecule has 116 valence electrons. The van der Waals surface area contributed by atoms with Gasteiger partial charge in [-0.3, -0.25) is 0 Å². The predicted molar refractivity (Wildman–Crippen MR) is 87.6 cm³/mol. The number of nitrogens with one attached hydrogen (secondary N) is 1. The van der Waals surface area contributed by atoms with Crippen LogP contribution >= 0.6 is 0 Å². The van der Waals surface area contributed by atoms with E-state index in [2.05, 4.69) is 63.0 Å². The molecule has 0 bridgehead atoms. The van der Waals surface area contributed by atoms with Gasteiger partial charge in [-0.1, -0.05) is 34.6 Å². The molecule has 1 atom stereocenters. The van der Waals surface area contributed by atoms with E-state index in [0.29, 0.717) is 12.5 Å². The summed E-state index contributed by atoms with van der Waals surface area (Å²) in [5.74, 6) is 1.23. The number of rotatable bonds is 4. The maximum atomic E-state index is 5.96. The van der Waals surface area contributed by atoms with Gasteiger partial charge in [0.05, 0.1) is 11.2 Å². The smallest absolute Gasteiger partial charge is 0.152 e. The normalized spacial score (nSPS) is 15.4. The van der Waals surface area contributed by atoms with Gasteiger partial charge < -0.3 is 11.1 Å². The topological polar surface area (TPSA) is 68.2 Å². The summed E-state index contributed by atoms with van der Waals surface area (Å²) >= 11 is 0. The van der Waals surface area contributed by atoms with Gasteiger partial charge >= 0.3 is 0 Å². The Bertz CT molecular complexity index is 623. The van der Waals surface area contributed by atoms with Gasteiger partial charge in [0.15, 0.2) is 5.82 Å². The molecule has 0 aliphatic rings. The molecule has 0 saturated carbocycles. The van der Waals surface area contributed by atoms with E-state index in [4.69, 9.17) is 5.73 Å². The zero-order valence-electron chi connectivity index (χ0n) is 13.9. The maximum Gasteiger partial charge on any atom is 0.152 e. The second kappa shape index (κ2) is 5.30. The van der Waals surface area contributed by atoms with Crippen molar-refractivity contribution in [2.75, 3.05) is 11.9 Å². The minimum Gasteiger partial charge on any atom is -0.362 e. The third-order valence-electron chi connectivity index (χ3n) is 4.26. The van der Waals surface area contributed by atoms with E-state index >= 15 is 0 Å². The van der Waals surface area contributed by atoms with Gasteiger partial charge in [0.25, 0.3) is 0 Å². The third-order valence-corrected chi connectivity index (χ3v) is 4.26. The van der Waals surface area contributed by atoms with Crippen molar-refractivity contribution in [3.8, 4) is 0 Å². The van der Waals surface area contributed by atoms with Crippen LogP contribution in [0.5, 0.6) is 0 Å². The first-order chi connectivity index (χ1) is 9.67. The minimum absolute atomic E-state index is 0.0124. The van der Waals surface area contributed by atoms with Crippen LogP contribution < -0.4 is 11.1 Å². The summed E-state index contributed by atoms with van der Waals surface area (Å²) < 4.78 is 1.88. The highest BCUT2D eigenvalue weighted by Crippen LogP contribution is 2.27. The lowest BCUT2D eigenvalue weighted by atomic mass is 9.88. The standard InChI is InChI=1S/C16H27N5/c1-11(2)16(6,10-17)19-14-12-9-13(15(3,4)5)20-21(12)8-7-18-14/h7-9,11H,10,17H2,1-6H3,(H,18,19). The molecule has 0 aliphatic carbocycles. The van der Waals surface area contributed by atoms with E-state index in [-0.39, 0.29) is 11.0 Å². The Kier molecular flexibility index (Phi) is 3.97. The van der Waals surface area contributed by atoms with E-state index in [9.17, 15) is 0 Å². The van der Waals surface area contributed by atoms with E-state index < -0.39 is 0 Å². The van der Waals surface area contributed by atoms with Crippen molar-refractivity contribution in [3.05, 3.63) is 24.2 Å². The summed E-state index contributed by atoms with van der Waals surface area (Å²) in [6, 6.07) is 2.10. The fourth-order valence-electron chi connectivity index (χ4n) is 2.09. The third kappa shape index (κ3) is 3.02. The highest BCUT2D eigenvalue weighted by atomic mass is 15.2. The first-order valence-electron chi connectivity index (χ1n) is 7.50. The molecule has 0 saturated heterocycles. The van der Waals surface area contributed by atoms with Gasteiger partial charge in [0.2, 0.25) is 0 Å². The lowest BCUT2D eigenvalue weighted by molar-refractivity contribution is 0.381. The van der Waals surface area contributed by atoms with E-state index in [1.54, 1.807) is 6.20 Å². The summed E-state index contributed by atoms with van der Waals surface area (Å²) in [6.45, 7) is 13.5. The van der Waals surface area contributed by atoms with Crippen LogP contribution in [-0.2, 0) is 5.41 Å². The van der Waals surface area contributed by atoms with Crippen molar-refractivity contribution in [1.82, 2.24) is 14.6 Å². The zero-order chi connectivity index (χ0) is 15.8. The number of nitrogens with two attached hydrogens (primary N) is 1. The summed E-state index contributed by atoms with van der Waals surface area (Å²) in [6.07, 6.45) is 3.65.